The van der Waals surface area contributed by atoms with Gasteiger partial charge in [-0.3, -0.25) is 4.68 Å². The molecule has 0 aliphatic carbocycles. The molecule has 0 bridgehead atoms. The third-order valence-corrected chi connectivity index (χ3v) is 3.88. The quantitative estimate of drug-likeness (QED) is 0.887. The highest BCUT2D eigenvalue weighted by atomic mass is 35.5. The minimum absolute atomic E-state index is 0. The number of rotatable bonds is 5. The fourth-order valence-corrected chi connectivity index (χ4v) is 2.56. The fourth-order valence-electron chi connectivity index (χ4n) is 2.56. The van der Waals surface area contributed by atoms with Crippen LogP contribution in [0.4, 0.5) is 13.2 Å². The van der Waals surface area contributed by atoms with E-state index in [2.05, 4.69) is 10.4 Å². The zero-order valence-corrected chi connectivity index (χ0v) is 13.7. The number of hydrogen-bond acceptors (Lipinski definition) is 3. The molecule has 0 radical (unpaired) electrons. The summed E-state index contributed by atoms with van der Waals surface area (Å²) in [4.78, 5) is 0. The molecule has 1 aliphatic heterocycles. The molecule has 2 aromatic rings. The van der Waals surface area contributed by atoms with E-state index in [-0.39, 0.29) is 12.4 Å². The van der Waals surface area contributed by atoms with Crippen LogP contribution in [0.5, 0.6) is 5.75 Å². The zero-order chi connectivity index (χ0) is 16.3. The van der Waals surface area contributed by atoms with Crippen molar-refractivity contribution in [1.29, 1.82) is 0 Å². The number of nitrogens with one attached hydrogen (secondary N) is 1. The highest BCUT2D eigenvalue weighted by Crippen LogP contribution is 2.29. The monoisotopic (exact) mass is 361 g/mol. The van der Waals surface area contributed by atoms with E-state index in [1.54, 1.807) is 17.1 Å². The van der Waals surface area contributed by atoms with Crippen molar-refractivity contribution in [2.75, 3.05) is 19.7 Å². The number of aromatic nitrogens is 2. The van der Waals surface area contributed by atoms with Gasteiger partial charge in [0.1, 0.15) is 0 Å². The van der Waals surface area contributed by atoms with Crippen LogP contribution in [0.3, 0.4) is 0 Å². The molecule has 1 aromatic carbocycles. The van der Waals surface area contributed by atoms with Crippen LogP contribution in [-0.4, -0.2) is 29.5 Å². The third-order valence-electron chi connectivity index (χ3n) is 3.88. The van der Waals surface area contributed by atoms with Crippen molar-refractivity contribution in [3.05, 3.63) is 47.8 Å². The van der Waals surface area contributed by atoms with Crippen LogP contribution in [0.25, 0.3) is 0 Å². The predicted octanol–water partition coefficient (Wildman–Crippen LogP) is 3.36. The van der Waals surface area contributed by atoms with Gasteiger partial charge >= 0.3 is 6.18 Å². The van der Waals surface area contributed by atoms with Crippen LogP contribution in [0.15, 0.2) is 36.7 Å². The summed E-state index contributed by atoms with van der Waals surface area (Å²) in [6.07, 6.45) is 0.201. The van der Waals surface area contributed by atoms with E-state index in [9.17, 15) is 13.2 Å². The van der Waals surface area contributed by atoms with Gasteiger partial charge in [0.25, 0.3) is 0 Å². The maximum absolute atomic E-state index is 12.5. The molecule has 3 rings (SSSR count). The molecule has 1 saturated heterocycles. The van der Waals surface area contributed by atoms with E-state index in [1.165, 1.54) is 12.1 Å². The van der Waals surface area contributed by atoms with Crippen molar-refractivity contribution in [3.63, 3.8) is 0 Å². The van der Waals surface area contributed by atoms with Gasteiger partial charge in [0, 0.05) is 12.5 Å². The number of alkyl halides is 3. The van der Waals surface area contributed by atoms with Gasteiger partial charge in [0.05, 0.1) is 31.1 Å². The molecule has 0 spiro atoms. The van der Waals surface area contributed by atoms with Crippen LogP contribution >= 0.6 is 12.4 Å². The third kappa shape index (κ3) is 4.88. The molecule has 1 aromatic heterocycles. The summed E-state index contributed by atoms with van der Waals surface area (Å²) in [5.74, 6) is 1.21. The second-order valence-electron chi connectivity index (χ2n) is 5.74. The molecule has 1 atom stereocenters. The Hall–Kier alpha value is -1.73. The van der Waals surface area contributed by atoms with Gasteiger partial charge in [-0.05, 0) is 30.7 Å². The number of halogens is 4. The normalized spacial score (nSPS) is 17.5. The Kier molecular flexibility index (Phi) is 6.12. The maximum Gasteiger partial charge on any atom is 0.416 e. The van der Waals surface area contributed by atoms with Crippen molar-refractivity contribution >= 4 is 12.4 Å². The first-order valence-corrected chi connectivity index (χ1v) is 7.53. The van der Waals surface area contributed by atoms with Crippen LogP contribution in [0.2, 0.25) is 0 Å². The molecule has 1 fully saturated rings. The molecule has 8 heteroatoms. The molecule has 4 nitrogen and oxygen atoms in total. The first-order chi connectivity index (χ1) is 11.0. The SMILES string of the molecule is Cl.FC(F)(F)c1ccc(Cn2cc(OCC3CCNC3)cn2)cc1. The van der Waals surface area contributed by atoms with E-state index in [0.717, 1.165) is 37.2 Å². The van der Waals surface area contributed by atoms with Gasteiger partial charge in [-0.1, -0.05) is 12.1 Å². The molecule has 1 aliphatic rings. The topological polar surface area (TPSA) is 39.1 Å². The highest BCUT2D eigenvalue weighted by molar-refractivity contribution is 5.85. The predicted molar refractivity (Wildman–Crippen MR) is 86.5 cm³/mol. The molecule has 132 valence electrons. The van der Waals surface area contributed by atoms with E-state index < -0.39 is 11.7 Å². The second-order valence-corrected chi connectivity index (χ2v) is 5.74. The van der Waals surface area contributed by atoms with Gasteiger partial charge in [-0.15, -0.1) is 12.4 Å². The maximum atomic E-state index is 12.5. The first kappa shape index (κ1) is 18.6. The summed E-state index contributed by atoms with van der Waals surface area (Å²) >= 11 is 0. The second kappa shape index (κ2) is 7.90. The summed E-state index contributed by atoms with van der Waals surface area (Å²) in [5.41, 5.74) is 0.114. The van der Waals surface area contributed by atoms with Gasteiger partial charge in [-0.25, -0.2) is 0 Å². The highest BCUT2D eigenvalue weighted by Gasteiger charge is 2.29. The van der Waals surface area contributed by atoms with Crippen molar-refractivity contribution in [2.45, 2.75) is 19.1 Å². The van der Waals surface area contributed by atoms with Gasteiger partial charge < -0.3 is 10.1 Å². The Morgan fingerprint density at radius 2 is 2.00 bits per heavy atom. The molecule has 24 heavy (non-hydrogen) atoms. The summed E-state index contributed by atoms with van der Waals surface area (Å²) in [5, 5.41) is 7.46. The standard InChI is InChI=1S/C16H18F3N3O.ClH/c17-16(18,19)14-3-1-12(2-4-14)9-22-10-15(8-21-22)23-11-13-5-6-20-7-13;/h1-4,8,10,13,20H,5-7,9,11H2;1H. The van der Waals surface area contributed by atoms with Crippen LogP contribution in [-0.2, 0) is 12.7 Å². The van der Waals surface area contributed by atoms with E-state index >= 15 is 0 Å². The van der Waals surface area contributed by atoms with Gasteiger partial charge in [-0.2, -0.15) is 18.3 Å². The average Bonchev–Trinajstić information content (AvgIpc) is 3.16. The summed E-state index contributed by atoms with van der Waals surface area (Å²) in [6, 6.07) is 5.11. The molecular formula is C16H19ClF3N3O. The number of nitrogens with zero attached hydrogens (tertiary/aromatic N) is 2. The minimum atomic E-state index is -4.31. The fraction of sp³-hybridized carbons (Fsp3) is 0.438. The van der Waals surface area contributed by atoms with Crippen molar-refractivity contribution in [2.24, 2.45) is 5.92 Å². The first-order valence-electron chi connectivity index (χ1n) is 7.53. The van der Waals surface area contributed by atoms with E-state index in [0.29, 0.717) is 24.8 Å². The Labute approximate surface area is 144 Å². The smallest absolute Gasteiger partial charge is 0.416 e. The van der Waals surface area contributed by atoms with E-state index in [1.807, 2.05) is 0 Å². The molecular weight excluding hydrogens is 343 g/mol. The van der Waals surface area contributed by atoms with E-state index in [4.69, 9.17) is 4.74 Å². The van der Waals surface area contributed by atoms with Crippen molar-refractivity contribution in [3.8, 4) is 5.75 Å². The molecule has 0 amide bonds. The van der Waals surface area contributed by atoms with Crippen LogP contribution in [0, 0.1) is 5.92 Å². The lowest BCUT2D eigenvalue weighted by molar-refractivity contribution is -0.137. The van der Waals surface area contributed by atoms with Gasteiger partial charge in [0.15, 0.2) is 5.75 Å². The Balaban J connectivity index is 0.00000208. The largest absolute Gasteiger partial charge is 0.490 e. The van der Waals surface area contributed by atoms with Gasteiger partial charge in [0.2, 0.25) is 0 Å². The lowest BCUT2D eigenvalue weighted by Crippen LogP contribution is -2.15. The Bertz CT molecular complexity index is 637. The number of ether oxygens (including phenoxy) is 1. The van der Waals surface area contributed by atoms with Crippen LogP contribution in [0.1, 0.15) is 17.5 Å². The Morgan fingerprint density at radius 3 is 2.62 bits per heavy atom. The summed E-state index contributed by atoms with van der Waals surface area (Å²) in [7, 11) is 0. The summed E-state index contributed by atoms with van der Waals surface area (Å²) < 4.78 is 44.9. The minimum Gasteiger partial charge on any atom is -0.490 e. The Morgan fingerprint density at radius 1 is 1.25 bits per heavy atom. The number of hydrogen-bond donors (Lipinski definition) is 1. The molecule has 1 N–H and O–H groups in total. The summed E-state index contributed by atoms with van der Waals surface area (Å²) in [6.45, 7) is 3.06. The lowest BCUT2D eigenvalue weighted by Gasteiger charge is -2.09. The molecule has 0 saturated carbocycles. The molecule has 1 unspecified atom stereocenters. The zero-order valence-electron chi connectivity index (χ0n) is 12.9. The number of benzene rings is 1. The van der Waals surface area contributed by atoms with Crippen molar-refractivity contribution in [1.82, 2.24) is 15.1 Å². The molecule has 2 heterocycles. The van der Waals surface area contributed by atoms with Crippen LogP contribution < -0.4 is 10.1 Å². The van der Waals surface area contributed by atoms with Crippen molar-refractivity contribution < 1.29 is 17.9 Å². The lowest BCUT2D eigenvalue weighted by atomic mass is 10.1. The average molecular weight is 362 g/mol.